The summed E-state index contributed by atoms with van der Waals surface area (Å²) < 4.78 is 43.8. The van der Waals surface area contributed by atoms with Crippen molar-refractivity contribution in [3.63, 3.8) is 0 Å². The lowest BCUT2D eigenvalue weighted by atomic mass is 10.0. The van der Waals surface area contributed by atoms with Crippen molar-refractivity contribution in [2.75, 3.05) is 36.9 Å². The summed E-state index contributed by atoms with van der Waals surface area (Å²) in [4.78, 5) is 6.70. The molecule has 0 spiro atoms. The van der Waals surface area contributed by atoms with Gasteiger partial charge in [-0.25, -0.2) is 17.7 Å². The number of aromatic nitrogens is 2. The number of nitrogens with zero attached hydrogens (tertiary/aromatic N) is 4. The molecular formula is C29H32ClN5O4S2. The summed E-state index contributed by atoms with van der Waals surface area (Å²) in [7, 11) is -0.949. The van der Waals surface area contributed by atoms with E-state index in [4.69, 9.17) is 21.1 Å². The summed E-state index contributed by atoms with van der Waals surface area (Å²) in [5, 5.41) is 4.10. The lowest BCUT2D eigenvalue weighted by Crippen LogP contribution is -2.38. The molecule has 0 amide bonds. The summed E-state index contributed by atoms with van der Waals surface area (Å²) >= 11 is 7.64. The van der Waals surface area contributed by atoms with Crippen LogP contribution in [0.1, 0.15) is 24.0 Å². The van der Waals surface area contributed by atoms with Gasteiger partial charge in [0.1, 0.15) is 17.8 Å². The molecule has 0 unspecified atom stereocenters. The first-order valence-electron chi connectivity index (χ1n) is 13.2. The van der Waals surface area contributed by atoms with E-state index in [9.17, 15) is 8.42 Å². The number of ether oxygens (including phenoxy) is 2. The smallest absolute Gasteiger partial charge is 0.266 e. The SMILES string of the molecule is COc1ccc(CN(c2ncns2)S(=O)(=O)c2ccc(NC3CCN(Cc4ccccc4)CC3)c(Cl)c2)c(OC)c1. The molecule has 41 heavy (non-hydrogen) atoms. The van der Waals surface area contributed by atoms with E-state index < -0.39 is 10.0 Å². The quantitative estimate of drug-likeness (QED) is 0.231. The Morgan fingerprint density at radius 1 is 1.05 bits per heavy atom. The minimum Gasteiger partial charge on any atom is -0.497 e. The fourth-order valence-electron chi connectivity index (χ4n) is 4.87. The molecule has 3 aromatic carbocycles. The Morgan fingerprint density at radius 3 is 2.49 bits per heavy atom. The van der Waals surface area contributed by atoms with Gasteiger partial charge in [0.15, 0.2) is 0 Å². The molecule has 5 rings (SSSR count). The van der Waals surface area contributed by atoms with Crippen LogP contribution in [-0.2, 0) is 23.1 Å². The van der Waals surface area contributed by atoms with Crippen LogP contribution in [0.3, 0.4) is 0 Å². The van der Waals surface area contributed by atoms with Crippen molar-refractivity contribution >= 4 is 44.0 Å². The van der Waals surface area contributed by atoms with Gasteiger partial charge in [0.2, 0.25) is 5.13 Å². The zero-order valence-corrected chi connectivity index (χ0v) is 25.3. The minimum atomic E-state index is -4.04. The van der Waals surface area contributed by atoms with Gasteiger partial charge in [0.05, 0.1) is 36.4 Å². The number of benzene rings is 3. The molecule has 1 N–H and O–H groups in total. The second kappa shape index (κ2) is 13.1. The van der Waals surface area contributed by atoms with Gasteiger partial charge in [-0.2, -0.15) is 4.37 Å². The van der Waals surface area contributed by atoms with Crippen molar-refractivity contribution in [3.05, 3.63) is 89.2 Å². The third-order valence-corrected chi connectivity index (χ3v) is 9.95. The number of rotatable bonds is 11. The predicted molar refractivity (Wildman–Crippen MR) is 163 cm³/mol. The van der Waals surface area contributed by atoms with Crippen LogP contribution in [-0.4, -0.2) is 56.0 Å². The molecule has 1 fully saturated rings. The number of halogens is 1. The molecule has 1 aliphatic rings. The Balaban J connectivity index is 1.30. The van der Waals surface area contributed by atoms with Crippen LogP contribution >= 0.6 is 23.1 Å². The second-order valence-corrected chi connectivity index (χ2v) is 12.8. The number of likely N-dealkylation sites (tertiary alicyclic amines) is 1. The molecule has 12 heteroatoms. The van der Waals surface area contributed by atoms with Crippen LogP contribution in [0.4, 0.5) is 10.8 Å². The molecule has 2 heterocycles. The van der Waals surface area contributed by atoms with Crippen LogP contribution in [0.25, 0.3) is 0 Å². The van der Waals surface area contributed by atoms with Gasteiger partial charge in [-0.3, -0.25) is 4.90 Å². The first-order valence-corrected chi connectivity index (χ1v) is 15.8. The highest BCUT2D eigenvalue weighted by atomic mass is 35.5. The van der Waals surface area contributed by atoms with Gasteiger partial charge in [-0.15, -0.1) is 0 Å². The molecule has 1 saturated heterocycles. The van der Waals surface area contributed by atoms with E-state index in [1.807, 2.05) is 6.07 Å². The lowest BCUT2D eigenvalue weighted by molar-refractivity contribution is 0.211. The standard InChI is InChI=1S/C29H32ClN5O4S2/c1-38-24-9-8-22(28(16-24)39-2)19-35(29-31-20-32-40-29)41(36,37)25-10-11-27(26(30)17-25)33-23-12-14-34(15-13-23)18-21-6-4-3-5-7-21/h3-11,16-17,20,23,33H,12-15,18-19H2,1-2H3. The summed E-state index contributed by atoms with van der Waals surface area (Å²) in [6, 6.07) is 20.8. The van der Waals surface area contributed by atoms with E-state index in [2.05, 4.69) is 43.8 Å². The fraction of sp³-hybridized carbons (Fsp3) is 0.310. The number of hydrogen-bond donors (Lipinski definition) is 1. The Kier molecular flexibility index (Phi) is 9.29. The Morgan fingerprint density at radius 2 is 1.83 bits per heavy atom. The van der Waals surface area contributed by atoms with Crippen molar-refractivity contribution in [2.45, 2.75) is 36.9 Å². The lowest BCUT2D eigenvalue weighted by Gasteiger charge is -2.33. The summed E-state index contributed by atoms with van der Waals surface area (Å²) in [6.45, 7) is 2.88. The highest BCUT2D eigenvalue weighted by Gasteiger charge is 2.29. The molecule has 0 atom stereocenters. The maximum atomic E-state index is 13.9. The monoisotopic (exact) mass is 613 g/mol. The second-order valence-electron chi connectivity index (χ2n) is 9.74. The maximum absolute atomic E-state index is 13.9. The van der Waals surface area contributed by atoms with Gasteiger partial charge < -0.3 is 14.8 Å². The Labute approximate surface area is 249 Å². The van der Waals surface area contributed by atoms with Crippen molar-refractivity contribution in [1.29, 1.82) is 0 Å². The number of hydrogen-bond acceptors (Lipinski definition) is 9. The number of sulfonamides is 1. The topological polar surface area (TPSA) is 96.9 Å². The van der Waals surface area contributed by atoms with Crippen molar-refractivity contribution < 1.29 is 17.9 Å². The predicted octanol–water partition coefficient (Wildman–Crippen LogP) is 5.68. The third-order valence-electron chi connectivity index (χ3n) is 7.10. The molecule has 216 valence electrons. The van der Waals surface area contributed by atoms with Gasteiger partial charge in [-0.05, 0) is 48.7 Å². The van der Waals surface area contributed by atoms with Crippen LogP contribution < -0.4 is 19.1 Å². The molecule has 9 nitrogen and oxygen atoms in total. The van der Waals surface area contributed by atoms with Crippen molar-refractivity contribution in [2.24, 2.45) is 0 Å². The van der Waals surface area contributed by atoms with E-state index in [-0.39, 0.29) is 22.6 Å². The average molecular weight is 614 g/mol. The van der Waals surface area contributed by atoms with Gasteiger partial charge in [-0.1, -0.05) is 41.9 Å². The van der Waals surface area contributed by atoms with E-state index in [1.54, 1.807) is 37.4 Å². The zero-order chi connectivity index (χ0) is 28.8. The largest absolute Gasteiger partial charge is 0.497 e. The number of methoxy groups -OCH3 is 2. The summed E-state index contributed by atoms with van der Waals surface area (Å²) in [5.41, 5.74) is 2.67. The van der Waals surface area contributed by atoms with Gasteiger partial charge in [0.25, 0.3) is 10.0 Å². The highest BCUT2D eigenvalue weighted by molar-refractivity contribution is 7.93. The normalized spacial score (nSPS) is 14.5. The molecule has 1 aromatic heterocycles. The van der Waals surface area contributed by atoms with Crippen LogP contribution in [0.15, 0.2) is 78.0 Å². The number of nitrogens with one attached hydrogen (secondary N) is 1. The van der Waals surface area contributed by atoms with E-state index in [0.717, 1.165) is 44.0 Å². The molecule has 0 bridgehead atoms. The first-order chi connectivity index (χ1) is 19.9. The fourth-order valence-corrected chi connectivity index (χ4v) is 7.32. The van der Waals surface area contributed by atoms with Crippen molar-refractivity contribution in [1.82, 2.24) is 14.3 Å². The molecule has 4 aromatic rings. The summed E-state index contributed by atoms with van der Waals surface area (Å²) in [5.74, 6) is 1.11. The number of anilines is 2. The molecule has 0 aliphatic carbocycles. The summed E-state index contributed by atoms with van der Waals surface area (Å²) in [6.07, 6.45) is 3.27. The third kappa shape index (κ3) is 6.92. The first kappa shape index (κ1) is 29.1. The highest BCUT2D eigenvalue weighted by Crippen LogP contribution is 2.34. The maximum Gasteiger partial charge on any atom is 0.266 e. The van der Waals surface area contributed by atoms with Crippen LogP contribution in [0, 0.1) is 0 Å². The van der Waals surface area contributed by atoms with E-state index in [1.165, 1.54) is 29.4 Å². The van der Waals surface area contributed by atoms with Crippen molar-refractivity contribution in [3.8, 4) is 11.5 Å². The van der Waals surface area contributed by atoms with E-state index in [0.29, 0.717) is 27.8 Å². The average Bonchev–Trinajstić information content (AvgIpc) is 3.53. The molecule has 0 radical (unpaired) electrons. The minimum absolute atomic E-state index is 0.0100. The van der Waals surface area contributed by atoms with Gasteiger partial charge in [0, 0.05) is 48.8 Å². The van der Waals surface area contributed by atoms with Crippen LogP contribution in [0.5, 0.6) is 11.5 Å². The Hall–Kier alpha value is -3.38. The molecule has 0 saturated carbocycles. The number of piperidine rings is 1. The zero-order valence-electron chi connectivity index (χ0n) is 22.9. The van der Waals surface area contributed by atoms with E-state index >= 15 is 0 Å². The Bertz CT molecular complexity index is 1550. The molecule has 1 aliphatic heterocycles. The molecular weight excluding hydrogens is 582 g/mol. The van der Waals surface area contributed by atoms with Gasteiger partial charge >= 0.3 is 0 Å². The van der Waals surface area contributed by atoms with Crippen LogP contribution in [0.2, 0.25) is 5.02 Å².